The first kappa shape index (κ1) is 10.8. The van der Waals surface area contributed by atoms with Crippen molar-refractivity contribution in [2.45, 2.75) is 26.2 Å². The molecule has 3 heteroatoms. The van der Waals surface area contributed by atoms with Crippen LogP contribution in [0, 0.1) is 11.6 Å². The molecule has 0 spiro atoms. The van der Waals surface area contributed by atoms with Gasteiger partial charge >= 0.3 is 0 Å². The highest BCUT2D eigenvalue weighted by Gasteiger charge is 2.13. The number of rotatable bonds is 3. The van der Waals surface area contributed by atoms with Gasteiger partial charge in [0.1, 0.15) is 17.4 Å². The third kappa shape index (κ3) is 2.62. The maximum Gasteiger partial charge on any atom is 0.130 e. The Kier molecular flexibility index (Phi) is 3.33. The lowest BCUT2D eigenvalue weighted by Crippen LogP contribution is -2.03. The van der Waals surface area contributed by atoms with Gasteiger partial charge in [-0.15, -0.1) is 0 Å². The van der Waals surface area contributed by atoms with Crippen LogP contribution in [0.4, 0.5) is 8.78 Å². The number of halogens is 2. The molecule has 1 aromatic carbocycles. The maximum atomic E-state index is 13.2. The second-order valence-corrected chi connectivity index (χ2v) is 3.47. The fourth-order valence-corrected chi connectivity index (χ4v) is 1.44. The monoisotopic (exact) mass is 198 g/mol. The number of carbonyl (C=O) groups is 1. The van der Waals surface area contributed by atoms with Crippen LogP contribution in [0.1, 0.15) is 31.7 Å². The number of carbonyl (C=O) groups excluding carboxylic acids is 1. The molecule has 1 atom stereocenters. The highest BCUT2D eigenvalue weighted by Crippen LogP contribution is 2.22. The highest BCUT2D eigenvalue weighted by molar-refractivity contribution is 5.76. The van der Waals surface area contributed by atoms with E-state index in [0.29, 0.717) is 5.56 Å². The Labute approximate surface area is 81.7 Å². The summed E-state index contributed by atoms with van der Waals surface area (Å²) in [5.74, 6) is -1.38. The summed E-state index contributed by atoms with van der Waals surface area (Å²) in [6, 6.07) is 3.43. The molecule has 0 aliphatic rings. The molecule has 0 N–H and O–H groups in total. The molecule has 0 fully saturated rings. The summed E-state index contributed by atoms with van der Waals surface area (Å²) in [7, 11) is 0. The van der Waals surface area contributed by atoms with E-state index in [1.807, 2.05) is 0 Å². The average molecular weight is 198 g/mol. The minimum atomic E-state index is -0.596. The zero-order chi connectivity index (χ0) is 10.7. The lowest BCUT2D eigenvalue weighted by Gasteiger charge is -2.10. The molecule has 76 valence electrons. The van der Waals surface area contributed by atoms with Crippen LogP contribution < -0.4 is 0 Å². The van der Waals surface area contributed by atoms with Gasteiger partial charge < -0.3 is 4.79 Å². The highest BCUT2D eigenvalue weighted by atomic mass is 19.1. The lowest BCUT2D eigenvalue weighted by atomic mass is 9.95. The van der Waals surface area contributed by atoms with E-state index >= 15 is 0 Å². The number of hydrogen-bond acceptors (Lipinski definition) is 1. The molecule has 1 nitrogen and oxygen atoms in total. The summed E-state index contributed by atoms with van der Waals surface area (Å²) in [5, 5.41) is 0. The van der Waals surface area contributed by atoms with Crippen molar-refractivity contribution >= 4 is 5.78 Å². The second kappa shape index (κ2) is 4.31. The molecule has 1 aromatic rings. The zero-order valence-corrected chi connectivity index (χ0v) is 8.18. The van der Waals surface area contributed by atoms with Gasteiger partial charge in [0, 0.05) is 12.5 Å². The summed E-state index contributed by atoms with van der Waals surface area (Å²) >= 11 is 0. The quantitative estimate of drug-likeness (QED) is 0.729. The second-order valence-electron chi connectivity index (χ2n) is 3.47. The Hall–Kier alpha value is -1.25. The molecule has 0 aliphatic heterocycles. The molecular formula is C11H12F2O. The van der Waals surface area contributed by atoms with Gasteiger partial charge in [-0.1, -0.05) is 13.0 Å². The average Bonchev–Trinajstić information content (AvgIpc) is 2.01. The predicted molar refractivity (Wildman–Crippen MR) is 50.1 cm³/mol. The standard InChI is InChI=1S/C11H12F2O/c1-7(5-8(2)14)10-4-3-9(12)6-11(10)13/h3-4,6-7H,5H2,1-2H3. The van der Waals surface area contributed by atoms with Gasteiger partial charge in [0.15, 0.2) is 0 Å². The fourth-order valence-electron chi connectivity index (χ4n) is 1.44. The molecule has 0 radical (unpaired) electrons. The number of ketones is 1. The number of benzene rings is 1. The first-order chi connectivity index (χ1) is 6.50. The number of Topliss-reactive ketones (excluding diaryl/α,β-unsaturated/α-hetero) is 1. The van der Waals surface area contributed by atoms with Crippen molar-refractivity contribution in [1.29, 1.82) is 0 Å². The molecule has 14 heavy (non-hydrogen) atoms. The van der Waals surface area contributed by atoms with Gasteiger partial charge in [-0.25, -0.2) is 8.78 Å². The topological polar surface area (TPSA) is 17.1 Å². The molecule has 0 aromatic heterocycles. The van der Waals surface area contributed by atoms with E-state index in [1.54, 1.807) is 6.92 Å². The Bertz CT molecular complexity index is 347. The largest absolute Gasteiger partial charge is 0.300 e. The van der Waals surface area contributed by atoms with E-state index in [0.717, 1.165) is 6.07 Å². The third-order valence-corrected chi connectivity index (χ3v) is 2.09. The molecule has 1 unspecified atom stereocenters. The SMILES string of the molecule is CC(=O)CC(C)c1ccc(F)cc1F. The van der Waals surface area contributed by atoms with E-state index in [9.17, 15) is 13.6 Å². The van der Waals surface area contributed by atoms with Crippen LogP contribution in [0.2, 0.25) is 0 Å². The summed E-state index contributed by atoms with van der Waals surface area (Å²) < 4.78 is 25.8. The molecule has 1 rings (SSSR count). The van der Waals surface area contributed by atoms with Crippen LogP contribution in [0.5, 0.6) is 0 Å². The molecule has 0 saturated carbocycles. The first-order valence-electron chi connectivity index (χ1n) is 4.45. The van der Waals surface area contributed by atoms with E-state index < -0.39 is 11.6 Å². The van der Waals surface area contributed by atoms with Crippen molar-refractivity contribution in [2.24, 2.45) is 0 Å². The van der Waals surface area contributed by atoms with E-state index in [2.05, 4.69) is 0 Å². The smallest absolute Gasteiger partial charge is 0.130 e. The Morgan fingerprint density at radius 1 is 1.43 bits per heavy atom. The van der Waals surface area contributed by atoms with Gasteiger partial charge in [0.2, 0.25) is 0 Å². The van der Waals surface area contributed by atoms with E-state index in [1.165, 1.54) is 19.1 Å². The van der Waals surface area contributed by atoms with Crippen LogP contribution in [-0.4, -0.2) is 5.78 Å². The van der Waals surface area contributed by atoms with Crippen molar-refractivity contribution in [2.75, 3.05) is 0 Å². The zero-order valence-electron chi connectivity index (χ0n) is 8.18. The molecule has 0 bridgehead atoms. The molecule has 0 heterocycles. The number of hydrogen-bond donors (Lipinski definition) is 0. The van der Waals surface area contributed by atoms with Crippen LogP contribution in [0.3, 0.4) is 0 Å². The summed E-state index contributed by atoms with van der Waals surface area (Å²) in [6.07, 6.45) is 0.280. The van der Waals surface area contributed by atoms with Crippen molar-refractivity contribution in [1.82, 2.24) is 0 Å². The molecule has 0 amide bonds. The first-order valence-corrected chi connectivity index (χ1v) is 4.45. The Balaban J connectivity index is 2.90. The van der Waals surface area contributed by atoms with E-state index in [-0.39, 0.29) is 18.1 Å². The Morgan fingerprint density at radius 3 is 2.57 bits per heavy atom. The van der Waals surface area contributed by atoms with Crippen LogP contribution >= 0.6 is 0 Å². The fraction of sp³-hybridized carbons (Fsp3) is 0.364. The minimum Gasteiger partial charge on any atom is -0.300 e. The molecule has 0 aliphatic carbocycles. The normalized spacial score (nSPS) is 12.6. The van der Waals surface area contributed by atoms with Gasteiger partial charge in [-0.2, -0.15) is 0 Å². The lowest BCUT2D eigenvalue weighted by molar-refractivity contribution is -0.117. The van der Waals surface area contributed by atoms with Crippen LogP contribution in [0.15, 0.2) is 18.2 Å². The Morgan fingerprint density at radius 2 is 2.07 bits per heavy atom. The van der Waals surface area contributed by atoms with Gasteiger partial charge in [-0.3, -0.25) is 0 Å². The summed E-state index contributed by atoms with van der Waals surface area (Å²) in [6.45, 7) is 3.20. The van der Waals surface area contributed by atoms with Gasteiger partial charge in [0.25, 0.3) is 0 Å². The van der Waals surface area contributed by atoms with Crippen molar-refractivity contribution < 1.29 is 13.6 Å². The van der Waals surface area contributed by atoms with Crippen molar-refractivity contribution in [3.05, 3.63) is 35.4 Å². The van der Waals surface area contributed by atoms with Gasteiger partial charge in [-0.05, 0) is 24.5 Å². The summed E-state index contributed by atoms with van der Waals surface area (Å²) in [5.41, 5.74) is 0.390. The minimum absolute atomic E-state index is 0.00113. The maximum absolute atomic E-state index is 13.2. The molecule has 0 saturated heterocycles. The van der Waals surface area contributed by atoms with Gasteiger partial charge in [0.05, 0.1) is 0 Å². The van der Waals surface area contributed by atoms with Crippen LogP contribution in [0.25, 0.3) is 0 Å². The molecular weight excluding hydrogens is 186 g/mol. The van der Waals surface area contributed by atoms with Crippen molar-refractivity contribution in [3.63, 3.8) is 0 Å². The van der Waals surface area contributed by atoms with E-state index in [4.69, 9.17) is 0 Å². The third-order valence-electron chi connectivity index (χ3n) is 2.09. The van der Waals surface area contributed by atoms with Crippen LogP contribution in [-0.2, 0) is 4.79 Å². The van der Waals surface area contributed by atoms with Crippen molar-refractivity contribution in [3.8, 4) is 0 Å². The summed E-state index contributed by atoms with van der Waals surface area (Å²) in [4.78, 5) is 10.8. The predicted octanol–water partition coefficient (Wildman–Crippen LogP) is 3.05.